The number of fused-ring (bicyclic) bond motifs is 1. The van der Waals surface area contributed by atoms with Crippen LogP contribution in [0.25, 0.3) is 16.9 Å². The summed E-state index contributed by atoms with van der Waals surface area (Å²) in [6.07, 6.45) is 1.94. The highest BCUT2D eigenvalue weighted by Gasteiger charge is 2.14. The second-order valence-electron chi connectivity index (χ2n) is 5.73. The van der Waals surface area contributed by atoms with Crippen LogP contribution in [0, 0.1) is 5.82 Å². The molecule has 0 fully saturated rings. The molecule has 0 aliphatic heterocycles. The van der Waals surface area contributed by atoms with Crippen LogP contribution in [-0.4, -0.2) is 9.38 Å². The zero-order chi connectivity index (χ0) is 17.2. The molecule has 0 unspecified atom stereocenters. The third-order valence-electron chi connectivity index (χ3n) is 3.98. The van der Waals surface area contributed by atoms with Gasteiger partial charge in [0.25, 0.3) is 0 Å². The van der Waals surface area contributed by atoms with Crippen molar-refractivity contribution in [3.8, 4) is 11.3 Å². The summed E-state index contributed by atoms with van der Waals surface area (Å²) in [5, 5.41) is 4.11. The van der Waals surface area contributed by atoms with E-state index in [0.717, 1.165) is 22.6 Å². The lowest BCUT2D eigenvalue weighted by Crippen LogP contribution is -2.03. The van der Waals surface area contributed by atoms with E-state index in [1.54, 1.807) is 6.07 Å². The van der Waals surface area contributed by atoms with E-state index in [4.69, 9.17) is 11.6 Å². The number of nitrogens with one attached hydrogen (secondary N) is 1. The number of pyridine rings is 1. The minimum atomic E-state index is -0.282. The molecule has 2 aromatic heterocycles. The molecule has 0 amide bonds. The lowest BCUT2D eigenvalue weighted by molar-refractivity contribution is 0.628. The number of hydrogen-bond acceptors (Lipinski definition) is 2. The van der Waals surface area contributed by atoms with Crippen molar-refractivity contribution in [3.63, 3.8) is 0 Å². The number of aromatic nitrogens is 2. The van der Waals surface area contributed by atoms with Gasteiger partial charge in [-0.1, -0.05) is 41.9 Å². The summed E-state index contributed by atoms with van der Waals surface area (Å²) in [5.74, 6) is 0.538. The van der Waals surface area contributed by atoms with E-state index < -0.39 is 0 Å². The van der Waals surface area contributed by atoms with E-state index in [2.05, 4.69) is 10.3 Å². The zero-order valence-electron chi connectivity index (χ0n) is 13.3. The fourth-order valence-electron chi connectivity index (χ4n) is 2.83. The van der Waals surface area contributed by atoms with Crippen molar-refractivity contribution in [2.45, 2.75) is 6.54 Å². The Morgan fingerprint density at radius 1 is 1.00 bits per heavy atom. The van der Waals surface area contributed by atoms with Gasteiger partial charge in [0, 0.05) is 23.3 Å². The molecule has 4 rings (SSSR count). The molecule has 0 aliphatic carbocycles. The van der Waals surface area contributed by atoms with Crippen LogP contribution in [0.15, 0.2) is 72.9 Å². The molecule has 0 saturated heterocycles. The summed E-state index contributed by atoms with van der Waals surface area (Å²) in [4.78, 5) is 4.66. The van der Waals surface area contributed by atoms with E-state index in [0.29, 0.717) is 17.3 Å². The van der Waals surface area contributed by atoms with Crippen LogP contribution in [0.5, 0.6) is 0 Å². The molecule has 3 nitrogen and oxygen atoms in total. The molecule has 4 aromatic rings. The van der Waals surface area contributed by atoms with Crippen molar-refractivity contribution in [3.05, 3.63) is 89.3 Å². The minimum Gasteiger partial charge on any atom is -0.365 e. The average molecular weight is 352 g/mol. The van der Waals surface area contributed by atoms with Gasteiger partial charge in [-0.3, -0.25) is 4.40 Å². The molecule has 0 spiro atoms. The monoisotopic (exact) mass is 351 g/mol. The van der Waals surface area contributed by atoms with Gasteiger partial charge in [-0.2, -0.15) is 0 Å². The maximum absolute atomic E-state index is 13.7. The van der Waals surface area contributed by atoms with Crippen LogP contribution < -0.4 is 5.32 Å². The molecule has 2 aromatic carbocycles. The summed E-state index contributed by atoms with van der Waals surface area (Å²) < 4.78 is 15.6. The first-order valence-electron chi connectivity index (χ1n) is 7.92. The number of hydrogen-bond donors (Lipinski definition) is 1. The quantitative estimate of drug-likeness (QED) is 0.533. The van der Waals surface area contributed by atoms with Gasteiger partial charge in [0.15, 0.2) is 0 Å². The molecule has 0 radical (unpaired) electrons. The smallest absolute Gasteiger partial charge is 0.139 e. The third-order valence-corrected chi connectivity index (χ3v) is 4.21. The van der Waals surface area contributed by atoms with Gasteiger partial charge in [-0.25, -0.2) is 9.37 Å². The van der Waals surface area contributed by atoms with Gasteiger partial charge in [-0.15, -0.1) is 0 Å². The minimum absolute atomic E-state index is 0.282. The van der Waals surface area contributed by atoms with Crippen LogP contribution in [0.4, 0.5) is 10.2 Å². The Morgan fingerprint density at radius 2 is 1.88 bits per heavy atom. The molecule has 0 saturated carbocycles. The van der Waals surface area contributed by atoms with Crippen molar-refractivity contribution in [2.75, 3.05) is 5.32 Å². The van der Waals surface area contributed by atoms with Crippen LogP contribution in [0.2, 0.25) is 5.02 Å². The predicted octanol–water partition coefficient (Wildman–Crippen LogP) is 5.41. The fourth-order valence-corrected chi connectivity index (χ4v) is 3.05. The SMILES string of the molecule is Fc1cccc(-c2nc3ccccn3c2NCc2cccc(Cl)c2)c1. The van der Waals surface area contributed by atoms with E-state index in [9.17, 15) is 4.39 Å². The molecule has 0 bridgehead atoms. The molecular formula is C20H15ClFN3. The average Bonchev–Trinajstić information content (AvgIpc) is 2.99. The predicted molar refractivity (Wildman–Crippen MR) is 99.4 cm³/mol. The topological polar surface area (TPSA) is 29.3 Å². The number of imidazole rings is 1. The Morgan fingerprint density at radius 3 is 2.72 bits per heavy atom. The second kappa shape index (κ2) is 6.57. The largest absolute Gasteiger partial charge is 0.365 e. The van der Waals surface area contributed by atoms with Gasteiger partial charge < -0.3 is 5.32 Å². The Balaban J connectivity index is 1.77. The summed E-state index contributed by atoms with van der Waals surface area (Å²) in [6.45, 7) is 0.589. The number of anilines is 1. The highest BCUT2D eigenvalue weighted by Crippen LogP contribution is 2.29. The first kappa shape index (κ1) is 15.7. The van der Waals surface area contributed by atoms with Crippen molar-refractivity contribution in [2.24, 2.45) is 0 Å². The maximum Gasteiger partial charge on any atom is 0.139 e. The fraction of sp³-hybridized carbons (Fsp3) is 0.0500. The van der Waals surface area contributed by atoms with Crippen LogP contribution in [0.3, 0.4) is 0 Å². The molecular weight excluding hydrogens is 337 g/mol. The van der Waals surface area contributed by atoms with Crippen LogP contribution >= 0.6 is 11.6 Å². The van der Waals surface area contributed by atoms with E-state index >= 15 is 0 Å². The van der Waals surface area contributed by atoms with Crippen molar-refractivity contribution >= 4 is 23.1 Å². The normalized spacial score (nSPS) is 11.0. The molecule has 1 N–H and O–H groups in total. The van der Waals surface area contributed by atoms with Gasteiger partial charge in [-0.05, 0) is 42.0 Å². The van der Waals surface area contributed by atoms with Gasteiger partial charge in [0.1, 0.15) is 23.0 Å². The van der Waals surface area contributed by atoms with E-state index in [1.165, 1.54) is 12.1 Å². The van der Waals surface area contributed by atoms with Crippen LogP contribution in [-0.2, 0) is 6.54 Å². The summed E-state index contributed by atoms with van der Waals surface area (Å²) in [5.41, 5.74) is 3.31. The molecule has 2 heterocycles. The molecule has 0 aliphatic rings. The molecule has 5 heteroatoms. The summed E-state index contributed by atoms with van der Waals surface area (Å²) >= 11 is 6.06. The number of halogens is 2. The van der Waals surface area contributed by atoms with Crippen molar-refractivity contribution in [1.82, 2.24) is 9.38 Å². The first-order chi connectivity index (χ1) is 12.2. The Bertz CT molecular complexity index is 1040. The van der Waals surface area contributed by atoms with Gasteiger partial charge >= 0.3 is 0 Å². The Hall–Kier alpha value is -2.85. The molecule has 124 valence electrons. The zero-order valence-corrected chi connectivity index (χ0v) is 14.0. The van der Waals surface area contributed by atoms with Gasteiger partial charge in [0.2, 0.25) is 0 Å². The number of benzene rings is 2. The molecule has 0 atom stereocenters. The highest BCUT2D eigenvalue weighted by atomic mass is 35.5. The molecule has 25 heavy (non-hydrogen) atoms. The van der Waals surface area contributed by atoms with Crippen LogP contribution in [0.1, 0.15) is 5.56 Å². The summed E-state index contributed by atoms with van der Waals surface area (Å²) in [6, 6.07) is 19.9. The first-order valence-corrected chi connectivity index (χ1v) is 8.30. The van der Waals surface area contributed by atoms with E-state index in [-0.39, 0.29) is 5.82 Å². The summed E-state index contributed by atoms with van der Waals surface area (Å²) in [7, 11) is 0. The van der Waals surface area contributed by atoms with Crippen molar-refractivity contribution in [1.29, 1.82) is 0 Å². The van der Waals surface area contributed by atoms with Gasteiger partial charge in [0.05, 0.1) is 0 Å². The Labute approximate surface area is 149 Å². The second-order valence-corrected chi connectivity index (χ2v) is 6.17. The third kappa shape index (κ3) is 3.21. The Kier molecular flexibility index (Phi) is 4.12. The maximum atomic E-state index is 13.7. The van der Waals surface area contributed by atoms with Crippen molar-refractivity contribution < 1.29 is 4.39 Å². The van der Waals surface area contributed by atoms with E-state index in [1.807, 2.05) is 59.1 Å². The lowest BCUT2D eigenvalue weighted by atomic mass is 10.1. The number of nitrogens with zero attached hydrogens (tertiary/aromatic N) is 2. The number of rotatable bonds is 4. The highest BCUT2D eigenvalue weighted by molar-refractivity contribution is 6.30. The standard InChI is InChI=1S/C20H15ClFN3/c21-16-7-3-5-14(11-16)13-23-20-19(15-6-4-8-17(22)12-15)24-18-9-1-2-10-25(18)20/h1-12,23H,13H2. The lowest BCUT2D eigenvalue weighted by Gasteiger charge is -2.09.